The molecule has 0 aliphatic heterocycles. The first-order valence-corrected chi connectivity index (χ1v) is 8.29. The van der Waals surface area contributed by atoms with Gasteiger partial charge in [-0.1, -0.05) is 18.2 Å². The van der Waals surface area contributed by atoms with Crippen LogP contribution in [0.15, 0.2) is 41.3 Å². The minimum absolute atomic E-state index is 0.129. The Hall–Kier alpha value is -2.94. The molecule has 3 N–H and O–H groups in total. The van der Waals surface area contributed by atoms with Crippen molar-refractivity contribution >= 4 is 27.3 Å². The molecule has 1 amide bonds. The van der Waals surface area contributed by atoms with Gasteiger partial charge >= 0.3 is 0 Å². The molecule has 2 rings (SSSR count). The van der Waals surface area contributed by atoms with Crippen LogP contribution in [-0.2, 0) is 10.0 Å². The van der Waals surface area contributed by atoms with Crippen molar-refractivity contribution in [2.24, 2.45) is 5.73 Å². The zero-order valence-electron chi connectivity index (χ0n) is 12.9. The van der Waals surface area contributed by atoms with Crippen LogP contribution in [-0.4, -0.2) is 19.2 Å². The number of aryl methyl sites for hydroxylation is 1. The van der Waals surface area contributed by atoms with Gasteiger partial charge in [-0.2, -0.15) is 0 Å². The van der Waals surface area contributed by atoms with Gasteiger partial charge in [0.1, 0.15) is 0 Å². The smallest absolute Gasteiger partial charge is 0.290 e. The standard InChI is InChI=1S/C15H15N3O5S/c1-9-5-3-8-13(18(20)21)14(9)24(22,23)17-12-7-4-6-11(10(12)2)15(16)19/h3-8,17H,1-2H3,(H2,16,19). The molecule has 0 bridgehead atoms. The SMILES string of the molecule is Cc1cccc([N+](=O)[O-])c1S(=O)(=O)Nc1cccc(C(N)=O)c1C. The van der Waals surface area contributed by atoms with Crippen LogP contribution < -0.4 is 10.5 Å². The zero-order chi connectivity index (χ0) is 18.1. The molecule has 9 heteroatoms. The third-order valence-electron chi connectivity index (χ3n) is 3.50. The fourth-order valence-corrected chi connectivity index (χ4v) is 3.86. The summed E-state index contributed by atoms with van der Waals surface area (Å²) >= 11 is 0. The summed E-state index contributed by atoms with van der Waals surface area (Å²) in [5, 5.41) is 11.1. The number of nitrogens with zero attached hydrogens (tertiary/aromatic N) is 1. The lowest BCUT2D eigenvalue weighted by molar-refractivity contribution is -0.387. The second-order valence-corrected chi connectivity index (χ2v) is 6.75. The van der Waals surface area contributed by atoms with Gasteiger partial charge < -0.3 is 5.73 Å². The lowest BCUT2D eigenvalue weighted by Gasteiger charge is -2.13. The molecule has 0 radical (unpaired) electrons. The molecule has 2 aromatic rings. The highest BCUT2D eigenvalue weighted by Gasteiger charge is 2.28. The third kappa shape index (κ3) is 3.20. The Morgan fingerprint density at radius 3 is 2.38 bits per heavy atom. The first-order valence-electron chi connectivity index (χ1n) is 6.81. The van der Waals surface area contributed by atoms with E-state index in [4.69, 9.17) is 5.73 Å². The zero-order valence-corrected chi connectivity index (χ0v) is 13.8. The number of hydrogen-bond donors (Lipinski definition) is 2. The summed E-state index contributed by atoms with van der Waals surface area (Å²) in [5.41, 5.74) is 5.58. The lowest BCUT2D eigenvalue weighted by Crippen LogP contribution is -2.18. The normalized spacial score (nSPS) is 11.1. The maximum atomic E-state index is 12.6. The molecule has 0 unspecified atom stereocenters. The van der Waals surface area contributed by atoms with Crippen molar-refractivity contribution in [2.75, 3.05) is 4.72 Å². The molecule has 0 fully saturated rings. The van der Waals surface area contributed by atoms with Crippen LogP contribution in [0.1, 0.15) is 21.5 Å². The van der Waals surface area contributed by atoms with Crippen molar-refractivity contribution in [3.8, 4) is 0 Å². The fourth-order valence-electron chi connectivity index (χ4n) is 2.34. The molecule has 24 heavy (non-hydrogen) atoms. The average Bonchev–Trinajstić information content (AvgIpc) is 2.48. The predicted octanol–water partition coefficient (Wildman–Crippen LogP) is 2.11. The van der Waals surface area contributed by atoms with Crippen molar-refractivity contribution in [1.82, 2.24) is 0 Å². The van der Waals surface area contributed by atoms with Crippen LogP contribution in [0.3, 0.4) is 0 Å². The van der Waals surface area contributed by atoms with E-state index in [1.54, 1.807) is 0 Å². The molecule has 0 aliphatic rings. The molecule has 0 atom stereocenters. The predicted molar refractivity (Wildman–Crippen MR) is 88.3 cm³/mol. The summed E-state index contributed by atoms with van der Waals surface area (Å²) in [7, 11) is -4.23. The molecule has 0 saturated heterocycles. The molecule has 126 valence electrons. The molecule has 2 aromatic carbocycles. The largest absolute Gasteiger partial charge is 0.366 e. The first-order chi connectivity index (χ1) is 11.1. The fraction of sp³-hybridized carbons (Fsp3) is 0.133. The number of nitro benzene ring substituents is 1. The second kappa shape index (κ2) is 6.28. The molecule has 0 aromatic heterocycles. The van der Waals surface area contributed by atoms with E-state index in [1.807, 2.05) is 0 Å². The number of carbonyl (C=O) groups is 1. The molecule has 0 spiro atoms. The Kier molecular flexibility index (Phi) is 4.56. The minimum Gasteiger partial charge on any atom is -0.366 e. The monoisotopic (exact) mass is 349 g/mol. The van der Waals surface area contributed by atoms with E-state index < -0.39 is 31.4 Å². The van der Waals surface area contributed by atoms with Crippen LogP contribution >= 0.6 is 0 Å². The van der Waals surface area contributed by atoms with Crippen molar-refractivity contribution in [2.45, 2.75) is 18.7 Å². The number of benzene rings is 2. The minimum atomic E-state index is -4.23. The van der Waals surface area contributed by atoms with Gasteiger partial charge in [0, 0.05) is 11.6 Å². The average molecular weight is 349 g/mol. The van der Waals surface area contributed by atoms with E-state index in [-0.39, 0.29) is 16.8 Å². The highest BCUT2D eigenvalue weighted by atomic mass is 32.2. The summed E-state index contributed by atoms with van der Waals surface area (Å²) in [4.78, 5) is 21.3. The Morgan fingerprint density at radius 1 is 1.17 bits per heavy atom. The van der Waals surface area contributed by atoms with Gasteiger partial charge in [-0.3, -0.25) is 19.6 Å². The molecular formula is C15H15N3O5S. The number of rotatable bonds is 5. The highest BCUT2D eigenvalue weighted by molar-refractivity contribution is 7.93. The van der Waals surface area contributed by atoms with Crippen molar-refractivity contribution < 1.29 is 18.1 Å². The maximum absolute atomic E-state index is 12.6. The quantitative estimate of drug-likeness (QED) is 0.630. The van der Waals surface area contributed by atoms with Gasteiger partial charge in [-0.15, -0.1) is 0 Å². The van der Waals surface area contributed by atoms with E-state index in [1.165, 1.54) is 44.2 Å². The topological polar surface area (TPSA) is 132 Å². The van der Waals surface area contributed by atoms with Gasteiger partial charge in [0.05, 0.1) is 10.6 Å². The summed E-state index contributed by atoms with van der Waals surface area (Å²) in [6.45, 7) is 3.00. The van der Waals surface area contributed by atoms with Crippen molar-refractivity contribution in [3.05, 3.63) is 63.2 Å². The summed E-state index contributed by atoms with van der Waals surface area (Å²) in [5.74, 6) is -0.699. The number of primary amides is 1. The van der Waals surface area contributed by atoms with Crippen LogP contribution in [0.4, 0.5) is 11.4 Å². The van der Waals surface area contributed by atoms with Gasteiger partial charge in [0.15, 0.2) is 4.90 Å². The Balaban J connectivity index is 2.58. The number of carbonyl (C=O) groups excluding carboxylic acids is 1. The first kappa shape index (κ1) is 17.4. The van der Waals surface area contributed by atoms with E-state index in [0.717, 1.165) is 6.07 Å². The highest BCUT2D eigenvalue weighted by Crippen LogP contribution is 2.30. The van der Waals surface area contributed by atoms with Gasteiger partial charge in [0.2, 0.25) is 5.91 Å². The number of nitrogens with two attached hydrogens (primary N) is 1. The number of anilines is 1. The van der Waals surface area contributed by atoms with Gasteiger partial charge in [-0.05, 0) is 37.1 Å². The van der Waals surface area contributed by atoms with Crippen LogP contribution in [0, 0.1) is 24.0 Å². The summed E-state index contributed by atoms with van der Waals surface area (Å²) < 4.78 is 27.6. The number of amides is 1. The Morgan fingerprint density at radius 2 is 1.79 bits per heavy atom. The molecular weight excluding hydrogens is 334 g/mol. The van der Waals surface area contributed by atoms with Crippen molar-refractivity contribution in [1.29, 1.82) is 0 Å². The van der Waals surface area contributed by atoms with E-state index >= 15 is 0 Å². The Labute approximate surface area is 138 Å². The number of hydrogen-bond acceptors (Lipinski definition) is 5. The Bertz CT molecular complexity index is 938. The van der Waals surface area contributed by atoms with Crippen molar-refractivity contribution in [3.63, 3.8) is 0 Å². The molecule has 0 saturated carbocycles. The third-order valence-corrected chi connectivity index (χ3v) is 5.06. The molecule has 0 aliphatic carbocycles. The maximum Gasteiger partial charge on any atom is 0.290 e. The number of nitrogens with one attached hydrogen (secondary N) is 1. The van der Waals surface area contributed by atoms with Crippen LogP contribution in [0.5, 0.6) is 0 Å². The second-order valence-electron chi connectivity index (χ2n) is 5.13. The van der Waals surface area contributed by atoms with Crippen LogP contribution in [0.25, 0.3) is 0 Å². The molecule has 0 heterocycles. The lowest BCUT2D eigenvalue weighted by atomic mass is 10.1. The van der Waals surface area contributed by atoms with E-state index in [2.05, 4.69) is 4.72 Å². The van der Waals surface area contributed by atoms with Gasteiger partial charge in [0.25, 0.3) is 15.7 Å². The number of sulfonamides is 1. The number of nitro groups is 1. The van der Waals surface area contributed by atoms with E-state index in [9.17, 15) is 23.3 Å². The summed E-state index contributed by atoms with van der Waals surface area (Å²) in [6.07, 6.45) is 0. The van der Waals surface area contributed by atoms with E-state index in [0.29, 0.717) is 5.56 Å². The summed E-state index contributed by atoms with van der Waals surface area (Å²) in [6, 6.07) is 8.38. The van der Waals surface area contributed by atoms with Gasteiger partial charge in [-0.25, -0.2) is 8.42 Å². The van der Waals surface area contributed by atoms with Crippen LogP contribution in [0.2, 0.25) is 0 Å². The molecule has 8 nitrogen and oxygen atoms in total.